The third-order valence-electron chi connectivity index (χ3n) is 2.86. The first-order chi connectivity index (χ1) is 10.5. The lowest BCUT2D eigenvalue weighted by atomic mass is 10.1. The molecule has 22 heavy (non-hydrogen) atoms. The summed E-state index contributed by atoms with van der Waals surface area (Å²) in [5.41, 5.74) is 0.152. The molecule has 1 heterocycles. The van der Waals surface area contributed by atoms with Crippen LogP contribution in [0.2, 0.25) is 0 Å². The molecule has 0 spiro atoms. The maximum atomic E-state index is 13.6. The van der Waals surface area contributed by atoms with Crippen LogP contribution in [0.1, 0.15) is 28.2 Å². The molecule has 0 saturated carbocycles. The Kier molecular flexibility index (Phi) is 5.21. The number of hydrogen-bond donors (Lipinski definition) is 1. The first-order valence-electron chi connectivity index (χ1n) is 6.42. The van der Waals surface area contributed by atoms with Crippen LogP contribution in [0, 0.1) is 11.6 Å². The van der Waals surface area contributed by atoms with Crippen molar-refractivity contribution in [2.24, 2.45) is 0 Å². The third kappa shape index (κ3) is 4.11. The van der Waals surface area contributed by atoms with Gasteiger partial charge in [-0.15, -0.1) is 11.3 Å². The van der Waals surface area contributed by atoms with Crippen molar-refractivity contribution in [1.29, 1.82) is 0 Å². The van der Waals surface area contributed by atoms with Crippen molar-refractivity contribution >= 4 is 23.2 Å². The van der Waals surface area contributed by atoms with Crippen molar-refractivity contribution < 1.29 is 23.1 Å². The van der Waals surface area contributed by atoms with Crippen molar-refractivity contribution in [1.82, 2.24) is 5.32 Å². The quantitative estimate of drug-likeness (QED) is 0.860. The molecule has 0 unspecified atom stereocenters. The van der Waals surface area contributed by atoms with Crippen LogP contribution in [-0.2, 0) is 9.53 Å². The fraction of sp³-hybridized carbons (Fsp3) is 0.200. The molecular formula is C15H13F2NO3S. The fourth-order valence-corrected chi connectivity index (χ4v) is 2.43. The van der Waals surface area contributed by atoms with Crippen LogP contribution in [-0.4, -0.2) is 18.5 Å². The predicted octanol–water partition coefficient (Wildman–Crippen LogP) is 3.06. The van der Waals surface area contributed by atoms with Gasteiger partial charge in [-0.3, -0.25) is 4.79 Å². The Morgan fingerprint density at radius 1 is 1.32 bits per heavy atom. The van der Waals surface area contributed by atoms with E-state index < -0.39 is 36.2 Å². The molecule has 0 bridgehead atoms. The molecule has 0 saturated heterocycles. The van der Waals surface area contributed by atoms with E-state index in [4.69, 9.17) is 4.74 Å². The number of hydrogen-bond acceptors (Lipinski definition) is 4. The topological polar surface area (TPSA) is 55.4 Å². The van der Waals surface area contributed by atoms with E-state index in [1.165, 1.54) is 17.4 Å². The Morgan fingerprint density at radius 2 is 2.09 bits per heavy atom. The van der Waals surface area contributed by atoms with Crippen molar-refractivity contribution in [3.05, 3.63) is 57.8 Å². The number of thiophene rings is 1. The first-order valence-corrected chi connectivity index (χ1v) is 7.30. The number of amides is 1. The lowest BCUT2D eigenvalue weighted by Gasteiger charge is -2.15. The molecule has 7 heteroatoms. The second kappa shape index (κ2) is 7.13. The summed E-state index contributed by atoms with van der Waals surface area (Å²) in [7, 11) is 0. The Balaban J connectivity index is 1.87. The summed E-state index contributed by atoms with van der Waals surface area (Å²) in [5.74, 6) is -2.60. The summed E-state index contributed by atoms with van der Waals surface area (Å²) in [5, 5.41) is 4.20. The van der Waals surface area contributed by atoms with Gasteiger partial charge in [-0.25, -0.2) is 13.6 Å². The molecule has 116 valence electrons. The summed E-state index contributed by atoms with van der Waals surface area (Å²) in [6, 6.07) is 5.72. The summed E-state index contributed by atoms with van der Waals surface area (Å²) in [6.07, 6.45) is 0. The van der Waals surface area contributed by atoms with Gasteiger partial charge in [-0.2, -0.15) is 0 Å². The minimum absolute atomic E-state index is 0.152. The molecule has 2 aromatic rings. The van der Waals surface area contributed by atoms with Crippen LogP contribution in [0.15, 0.2) is 35.7 Å². The van der Waals surface area contributed by atoms with Crippen LogP contribution in [0.5, 0.6) is 0 Å². The minimum atomic E-state index is -0.747. The van der Waals surface area contributed by atoms with Crippen LogP contribution >= 0.6 is 11.3 Å². The molecule has 4 nitrogen and oxygen atoms in total. The van der Waals surface area contributed by atoms with E-state index >= 15 is 0 Å². The molecule has 1 aromatic heterocycles. The summed E-state index contributed by atoms with van der Waals surface area (Å²) in [6.45, 7) is 1.08. The number of halogens is 2. The third-order valence-corrected chi connectivity index (χ3v) is 3.71. The number of ether oxygens (including phenoxy) is 1. The van der Waals surface area contributed by atoms with E-state index in [1.807, 2.05) is 0 Å². The van der Waals surface area contributed by atoms with Crippen LogP contribution < -0.4 is 5.32 Å². The largest absolute Gasteiger partial charge is 0.451 e. The smallest absolute Gasteiger partial charge is 0.348 e. The number of carbonyl (C=O) groups excluding carboxylic acids is 2. The van der Waals surface area contributed by atoms with E-state index in [0.717, 1.165) is 12.1 Å². The van der Waals surface area contributed by atoms with E-state index in [1.54, 1.807) is 24.4 Å². The SMILES string of the molecule is C[C@H](NC(=O)COC(=O)c1cccs1)c1ccc(F)cc1F. The predicted molar refractivity (Wildman–Crippen MR) is 77.5 cm³/mol. The average Bonchev–Trinajstić information content (AvgIpc) is 2.98. The van der Waals surface area contributed by atoms with Crippen molar-refractivity contribution in [2.45, 2.75) is 13.0 Å². The standard InChI is InChI=1S/C15H13F2NO3S/c1-9(11-5-4-10(16)7-12(11)17)18-14(19)8-21-15(20)13-3-2-6-22-13/h2-7,9H,8H2,1H3,(H,18,19)/t9-/m0/s1. The highest BCUT2D eigenvalue weighted by molar-refractivity contribution is 7.11. The van der Waals surface area contributed by atoms with Gasteiger partial charge in [-0.1, -0.05) is 12.1 Å². The molecule has 0 aliphatic rings. The van der Waals surface area contributed by atoms with Gasteiger partial charge in [-0.05, 0) is 24.4 Å². The molecule has 0 fully saturated rings. The average molecular weight is 325 g/mol. The molecule has 2 rings (SSSR count). The van der Waals surface area contributed by atoms with E-state index in [-0.39, 0.29) is 5.56 Å². The number of carbonyl (C=O) groups is 2. The van der Waals surface area contributed by atoms with Crippen molar-refractivity contribution in [3.8, 4) is 0 Å². The lowest BCUT2D eigenvalue weighted by molar-refractivity contribution is -0.124. The zero-order valence-corrected chi connectivity index (χ0v) is 12.5. The van der Waals surface area contributed by atoms with E-state index in [9.17, 15) is 18.4 Å². The van der Waals surface area contributed by atoms with E-state index in [2.05, 4.69) is 5.32 Å². The lowest BCUT2D eigenvalue weighted by Crippen LogP contribution is -2.31. The van der Waals surface area contributed by atoms with Gasteiger partial charge in [0, 0.05) is 11.6 Å². The van der Waals surface area contributed by atoms with Gasteiger partial charge in [0.15, 0.2) is 6.61 Å². The maximum absolute atomic E-state index is 13.6. The van der Waals surface area contributed by atoms with Gasteiger partial charge in [0.1, 0.15) is 16.5 Å². The minimum Gasteiger partial charge on any atom is -0.451 e. The molecule has 1 aromatic carbocycles. The number of nitrogens with one attached hydrogen (secondary N) is 1. The van der Waals surface area contributed by atoms with Crippen LogP contribution in [0.25, 0.3) is 0 Å². The van der Waals surface area contributed by atoms with Crippen LogP contribution in [0.3, 0.4) is 0 Å². The Hall–Kier alpha value is -2.28. The highest BCUT2D eigenvalue weighted by Crippen LogP contribution is 2.17. The summed E-state index contributed by atoms with van der Waals surface area (Å²) < 4.78 is 31.2. The zero-order valence-electron chi connectivity index (χ0n) is 11.6. The fourth-order valence-electron chi connectivity index (χ4n) is 1.81. The van der Waals surface area contributed by atoms with Gasteiger partial charge in [0.2, 0.25) is 0 Å². The summed E-state index contributed by atoms with van der Waals surface area (Å²) >= 11 is 1.21. The Bertz CT molecular complexity index is 673. The second-order valence-corrected chi connectivity index (χ2v) is 5.46. The van der Waals surface area contributed by atoms with Crippen molar-refractivity contribution in [3.63, 3.8) is 0 Å². The first kappa shape index (κ1) is 16.1. The highest BCUT2D eigenvalue weighted by Gasteiger charge is 2.16. The summed E-state index contributed by atoms with van der Waals surface area (Å²) in [4.78, 5) is 23.7. The Morgan fingerprint density at radius 3 is 2.73 bits per heavy atom. The number of benzene rings is 1. The van der Waals surface area contributed by atoms with Gasteiger partial charge in [0.25, 0.3) is 5.91 Å². The molecule has 0 aliphatic heterocycles. The highest BCUT2D eigenvalue weighted by atomic mass is 32.1. The van der Waals surface area contributed by atoms with Crippen LogP contribution in [0.4, 0.5) is 8.78 Å². The molecule has 0 radical (unpaired) electrons. The molecular weight excluding hydrogens is 312 g/mol. The Labute approximate surface area is 129 Å². The van der Waals surface area contributed by atoms with Gasteiger partial charge >= 0.3 is 5.97 Å². The van der Waals surface area contributed by atoms with Gasteiger partial charge < -0.3 is 10.1 Å². The van der Waals surface area contributed by atoms with Gasteiger partial charge in [0.05, 0.1) is 6.04 Å². The maximum Gasteiger partial charge on any atom is 0.348 e. The number of esters is 1. The number of rotatable bonds is 5. The normalized spacial score (nSPS) is 11.8. The molecule has 1 amide bonds. The molecule has 1 atom stereocenters. The zero-order chi connectivity index (χ0) is 16.1. The molecule has 0 aliphatic carbocycles. The second-order valence-electron chi connectivity index (χ2n) is 4.51. The van der Waals surface area contributed by atoms with E-state index in [0.29, 0.717) is 4.88 Å². The monoisotopic (exact) mass is 325 g/mol. The van der Waals surface area contributed by atoms with Crippen molar-refractivity contribution in [2.75, 3.05) is 6.61 Å². The molecule has 1 N–H and O–H groups in total.